The number of carboxylic acid groups (broad SMARTS) is 1. The zero-order chi connectivity index (χ0) is 17.7. The van der Waals surface area contributed by atoms with Gasteiger partial charge in [-0.2, -0.15) is 0 Å². The highest BCUT2D eigenvalue weighted by molar-refractivity contribution is 5.79. The van der Waals surface area contributed by atoms with Crippen LogP contribution < -0.4 is 16.6 Å². The quantitative estimate of drug-likeness (QED) is 0.685. The van der Waals surface area contributed by atoms with Crippen LogP contribution in [0.15, 0.2) is 46.1 Å². The Balaban J connectivity index is 2.17. The molecule has 0 radical (unpaired) electrons. The molecule has 0 saturated carbocycles. The van der Waals surface area contributed by atoms with Crippen molar-refractivity contribution in [1.29, 1.82) is 0 Å². The lowest BCUT2D eigenvalue weighted by molar-refractivity contribution is -0.137. The van der Waals surface area contributed by atoms with Gasteiger partial charge < -0.3 is 15.4 Å². The van der Waals surface area contributed by atoms with Gasteiger partial charge in [-0.15, -0.1) is 0 Å². The molecule has 1 unspecified atom stereocenters. The zero-order valence-electron chi connectivity index (χ0n) is 13.0. The van der Waals surface area contributed by atoms with Crippen molar-refractivity contribution >= 4 is 11.9 Å². The van der Waals surface area contributed by atoms with Crippen molar-refractivity contribution in [2.24, 2.45) is 7.05 Å². The van der Waals surface area contributed by atoms with Gasteiger partial charge in [0.15, 0.2) is 0 Å². The lowest BCUT2D eigenvalue weighted by Crippen LogP contribution is -2.37. The van der Waals surface area contributed by atoms with Crippen LogP contribution in [0.4, 0.5) is 0 Å². The number of hydrogen-bond acceptors (Lipinski definition) is 4. The molecule has 24 heavy (non-hydrogen) atoms. The van der Waals surface area contributed by atoms with Crippen LogP contribution in [0.3, 0.4) is 0 Å². The molecule has 1 amide bonds. The number of benzene rings is 1. The summed E-state index contributed by atoms with van der Waals surface area (Å²) >= 11 is 0. The second-order valence-corrected chi connectivity index (χ2v) is 5.29. The highest BCUT2D eigenvalue weighted by Crippen LogP contribution is 2.16. The van der Waals surface area contributed by atoms with E-state index in [4.69, 9.17) is 5.11 Å². The smallest absolute Gasteiger partial charge is 0.328 e. The lowest BCUT2D eigenvalue weighted by atomic mass is 10.0. The van der Waals surface area contributed by atoms with Crippen LogP contribution in [0.2, 0.25) is 0 Å². The fraction of sp³-hybridized carbons (Fsp3) is 0.250. The molecule has 1 heterocycles. The van der Waals surface area contributed by atoms with Crippen molar-refractivity contribution in [2.45, 2.75) is 18.9 Å². The predicted octanol–water partition coefficient (Wildman–Crippen LogP) is -0.0517. The molecule has 1 aromatic heterocycles. The fourth-order valence-electron chi connectivity index (χ4n) is 2.27. The maximum atomic E-state index is 12.2. The first kappa shape index (κ1) is 17.2. The van der Waals surface area contributed by atoms with Gasteiger partial charge in [0.1, 0.15) is 0 Å². The minimum Gasteiger partial charge on any atom is -0.481 e. The standard InChI is InChI=1S/C16H17N3O5/c1-19-15(23)11(9-17-16(19)24)7-13(20)18-12(8-14(21)22)10-5-3-2-4-6-10/h2-6,9,12H,7-8H2,1H3,(H,17,24)(H,18,20)(H,21,22). The Morgan fingerprint density at radius 3 is 2.54 bits per heavy atom. The lowest BCUT2D eigenvalue weighted by Gasteiger charge is -2.17. The Morgan fingerprint density at radius 2 is 1.92 bits per heavy atom. The van der Waals surface area contributed by atoms with Crippen molar-refractivity contribution in [3.8, 4) is 0 Å². The fourth-order valence-corrected chi connectivity index (χ4v) is 2.27. The van der Waals surface area contributed by atoms with Crippen LogP contribution >= 0.6 is 0 Å². The summed E-state index contributed by atoms with van der Waals surface area (Å²) in [4.78, 5) is 48.8. The molecule has 0 aliphatic heterocycles. The number of amides is 1. The number of aliphatic carboxylic acids is 1. The maximum Gasteiger partial charge on any atom is 0.328 e. The normalized spacial score (nSPS) is 11.7. The number of carbonyl (C=O) groups excluding carboxylic acids is 1. The molecule has 0 saturated heterocycles. The summed E-state index contributed by atoms with van der Waals surface area (Å²) in [6.45, 7) is 0. The monoisotopic (exact) mass is 331 g/mol. The Bertz CT molecular complexity index is 854. The number of rotatable bonds is 6. The SMILES string of the molecule is Cn1c(=O)[nH]cc(CC(=O)NC(CC(=O)O)c2ccccc2)c1=O. The van der Waals surface area contributed by atoms with Crippen LogP contribution in [0.25, 0.3) is 0 Å². The third kappa shape index (κ3) is 4.19. The third-order valence-electron chi connectivity index (χ3n) is 3.52. The summed E-state index contributed by atoms with van der Waals surface area (Å²) in [5.74, 6) is -1.56. The summed E-state index contributed by atoms with van der Waals surface area (Å²) in [6.07, 6.45) is 0.657. The largest absolute Gasteiger partial charge is 0.481 e. The highest BCUT2D eigenvalue weighted by Gasteiger charge is 2.19. The number of carbonyl (C=O) groups is 2. The summed E-state index contributed by atoms with van der Waals surface area (Å²) in [5.41, 5.74) is -0.361. The molecular weight excluding hydrogens is 314 g/mol. The van der Waals surface area contributed by atoms with Crippen LogP contribution in [-0.4, -0.2) is 26.5 Å². The van der Waals surface area contributed by atoms with Gasteiger partial charge in [0.25, 0.3) is 5.56 Å². The van der Waals surface area contributed by atoms with Crippen molar-refractivity contribution < 1.29 is 14.7 Å². The maximum absolute atomic E-state index is 12.2. The van der Waals surface area contributed by atoms with E-state index in [2.05, 4.69) is 10.3 Å². The van der Waals surface area contributed by atoms with Crippen LogP contribution in [0.1, 0.15) is 23.6 Å². The minimum absolute atomic E-state index is 0.122. The van der Waals surface area contributed by atoms with Gasteiger partial charge in [0, 0.05) is 18.8 Å². The molecular formula is C16H17N3O5. The van der Waals surface area contributed by atoms with Gasteiger partial charge in [-0.25, -0.2) is 4.79 Å². The molecule has 1 aromatic carbocycles. The second kappa shape index (κ2) is 7.40. The number of aromatic amines is 1. The predicted molar refractivity (Wildman–Crippen MR) is 85.6 cm³/mol. The first-order chi connectivity index (χ1) is 11.4. The van der Waals surface area contributed by atoms with Gasteiger partial charge in [-0.1, -0.05) is 30.3 Å². The molecule has 0 spiro atoms. The topological polar surface area (TPSA) is 121 Å². The summed E-state index contributed by atoms with van der Waals surface area (Å²) in [5, 5.41) is 11.6. The molecule has 8 heteroatoms. The second-order valence-electron chi connectivity index (χ2n) is 5.29. The molecule has 0 bridgehead atoms. The van der Waals surface area contributed by atoms with Crippen molar-refractivity contribution in [3.63, 3.8) is 0 Å². The number of nitrogens with zero attached hydrogens (tertiary/aromatic N) is 1. The third-order valence-corrected chi connectivity index (χ3v) is 3.52. The summed E-state index contributed by atoms with van der Waals surface area (Å²) < 4.78 is 0.870. The number of nitrogens with one attached hydrogen (secondary N) is 2. The van der Waals surface area contributed by atoms with E-state index < -0.39 is 29.2 Å². The van der Waals surface area contributed by atoms with E-state index in [1.807, 2.05) is 0 Å². The van der Waals surface area contributed by atoms with E-state index in [9.17, 15) is 19.2 Å². The van der Waals surface area contributed by atoms with Crippen LogP contribution in [0.5, 0.6) is 0 Å². The van der Waals surface area contributed by atoms with Crippen molar-refractivity contribution in [1.82, 2.24) is 14.9 Å². The zero-order valence-corrected chi connectivity index (χ0v) is 13.0. The molecule has 3 N–H and O–H groups in total. The highest BCUT2D eigenvalue weighted by atomic mass is 16.4. The molecule has 8 nitrogen and oxygen atoms in total. The minimum atomic E-state index is -1.05. The van der Waals surface area contributed by atoms with E-state index in [-0.39, 0.29) is 18.4 Å². The van der Waals surface area contributed by atoms with Crippen LogP contribution in [0, 0.1) is 0 Å². The Labute approximate surface area is 136 Å². The molecule has 2 rings (SSSR count). The number of H-pyrrole nitrogens is 1. The molecule has 1 atom stereocenters. The summed E-state index contributed by atoms with van der Waals surface area (Å²) in [7, 11) is 1.31. The molecule has 2 aromatic rings. The van der Waals surface area contributed by atoms with Gasteiger partial charge in [0.2, 0.25) is 5.91 Å². The van der Waals surface area contributed by atoms with Gasteiger partial charge in [-0.05, 0) is 5.56 Å². The Hall–Kier alpha value is -3.16. The molecule has 0 aliphatic carbocycles. The van der Waals surface area contributed by atoms with Crippen LogP contribution in [-0.2, 0) is 23.1 Å². The number of hydrogen-bond donors (Lipinski definition) is 3. The van der Waals surface area contributed by atoms with E-state index in [0.29, 0.717) is 5.56 Å². The Morgan fingerprint density at radius 1 is 1.25 bits per heavy atom. The molecule has 126 valence electrons. The van der Waals surface area contributed by atoms with Gasteiger partial charge in [-0.3, -0.25) is 19.0 Å². The number of carboxylic acids is 1. The molecule has 0 aliphatic rings. The van der Waals surface area contributed by atoms with Gasteiger partial charge in [0.05, 0.1) is 18.9 Å². The van der Waals surface area contributed by atoms with E-state index in [1.54, 1.807) is 30.3 Å². The van der Waals surface area contributed by atoms with E-state index >= 15 is 0 Å². The van der Waals surface area contributed by atoms with E-state index in [0.717, 1.165) is 4.57 Å². The van der Waals surface area contributed by atoms with E-state index in [1.165, 1.54) is 13.2 Å². The Kier molecular flexibility index (Phi) is 5.31. The first-order valence-electron chi connectivity index (χ1n) is 7.22. The number of aromatic nitrogens is 2. The summed E-state index contributed by atoms with van der Waals surface area (Å²) in [6, 6.07) is 8.00. The van der Waals surface area contributed by atoms with Crippen molar-refractivity contribution in [3.05, 3.63) is 68.5 Å². The van der Waals surface area contributed by atoms with Gasteiger partial charge >= 0.3 is 11.7 Å². The molecule has 0 fully saturated rings. The average Bonchev–Trinajstić information content (AvgIpc) is 2.55. The first-order valence-corrected chi connectivity index (χ1v) is 7.22. The van der Waals surface area contributed by atoms with Crippen molar-refractivity contribution in [2.75, 3.05) is 0 Å². The average molecular weight is 331 g/mol.